The average molecular weight is 263 g/mol. The molecule has 1 unspecified atom stereocenters. The van der Waals surface area contributed by atoms with E-state index in [4.69, 9.17) is 4.74 Å². The lowest BCUT2D eigenvalue weighted by Crippen LogP contribution is -2.42. The van der Waals surface area contributed by atoms with Gasteiger partial charge in [0.05, 0.1) is 0 Å². The summed E-state index contributed by atoms with van der Waals surface area (Å²) in [6.07, 6.45) is 1.41. The molecule has 0 saturated heterocycles. The van der Waals surface area contributed by atoms with Gasteiger partial charge in [-0.3, -0.25) is 4.79 Å². The van der Waals surface area contributed by atoms with E-state index in [1.165, 1.54) is 0 Å². The number of ether oxygens (including phenoxy) is 1. The second-order valence-electron chi connectivity index (χ2n) is 5.05. The Hall–Kier alpha value is -1.51. The molecule has 0 fully saturated rings. The molecule has 0 aliphatic heterocycles. The Kier molecular flexibility index (Phi) is 5.87. The van der Waals surface area contributed by atoms with Crippen LogP contribution in [0.2, 0.25) is 0 Å². The molecule has 0 aliphatic rings. The fraction of sp³-hybridized carbons (Fsp3) is 0.562. The molecule has 106 valence electrons. The summed E-state index contributed by atoms with van der Waals surface area (Å²) in [6, 6.07) is 6.25. The number of carbonyl (C=O) groups excluding carboxylic acids is 1. The third kappa shape index (κ3) is 4.58. The SMILES string of the molecule is CCC(CC)NC(=O)C(C)Oc1cc(C)ccc1C. The summed E-state index contributed by atoms with van der Waals surface area (Å²) in [6.45, 7) is 9.94. The van der Waals surface area contributed by atoms with Gasteiger partial charge in [0, 0.05) is 6.04 Å². The zero-order valence-electron chi connectivity index (χ0n) is 12.6. The van der Waals surface area contributed by atoms with Crippen molar-refractivity contribution in [1.29, 1.82) is 0 Å². The van der Waals surface area contributed by atoms with Gasteiger partial charge in [0.2, 0.25) is 0 Å². The standard InChI is InChI=1S/C16H25NO2/c1-6-14(7-2)17-16(18)13(5)19-15-10-11(3)8-9-12(15)4/h8-10,13-14H,6-7H2,1-5H3,(H,17,18). The van der Waals surface area contributed by atoms with E-state index in [9.17, 15) is 4.79 Å². The fourth-order valence-electron chi connectivity index (χ4n) is 1.89. The molecule has 0 heterocycles. The van der Waals surface area contributed by atoms with Crippen molar-refractivity contribution < 1.29 is 9.53 Å². The van der Waals surface area contributed by atoms with Gasteiger partial charge in [-0.05, 0) is 50.8 Å². The van der Waals surface area contributed by atoms with Gasteiger partial charge in [-0.15, -0.1) is 0 Å². The third-order valence-corrected chi connectivity index (χ3v) is 3.35. The van der Waals surface area contributed by atoms with Gasteiger partial charge in [-0.1, -0.05) is 26.0 Å². The molecule has 1 aromatic rings. The van der Waals surface area contributed by atoms with Gasteiger partial charge in [-0.2, -0.15) is 0 Å². The maximum Gasteiger partial charge on any atom is 0.260 e. The van der Waals surface area contributed by atoms with Crippen LogP contribution in [0.5, 0.6) is 5.75 Å². The van der Waals surface area contributed by atoms with Crippen molar-refractivity contribution >= 4 is 5.91 Å². The molecule has 3 heteroatoms. The Morgan fingerprint density at radius 1 is 1.26 bits per heavy atom. The molecule has 19 heavy (non-hydrogen) atoms. The summed E-state index contributed by atoms with van der Waals surface area (Å²) in [4.78, 5) is 12.0. The van der Waals surface area contributed by atoms with Crippen molar-refractivity contribution in [3.8, 4) is 5.75 Å². The molecule has 3 nitrogen and oxygen atoms in total. The van der Waals surface area contributed by atoms with Gasteiger partial charge >= 0.3 is 0 Å². The van der Waals surface area contributed by atoms with Gasteiger partial charge in [0.1, 0.15) is 5.75 Å². The molecule has 1 rings (SSSR count). The number of amides is 1. The monoisotopic (exact) mass is 263 g/mol. The second kappa shape index (κ2) is 7.17. The molecule has 1 aromatic carbocycles. The van der Waals surface area contributed by atoms with Crippen molar-refractivity contribution in [1.82, 2.24) is 5.32 Å². The van der Waals surface area contributed by atoms with Crippen molar-refractivity contribution in [3.05, 3.63) is 29.3 Å². The van der Waals surface area contributed by atoms with Crippen LogP contribution in [0.3, 0.4) is 0 Å². The first kappa shape index (κ1) is 15.5. The summed E-state index contributed by atoms with van der Waals surface area (Å²) in [5.41, 5.74) is 2.18. The Balaban J connectivity index is 2.65. The average Bonchev–Trinajstić information content (AvgIpc) is 2.39. The zero-order valence-corrected chi connectivity index (χ0v) is 12.6. The highest BCUT2D eigenvalue weighted by Gasteiger charge is 2.18. The van der Waals surface area contributed by atoms with Gasteiger partial charge in [0.25, 0.3) is 5.91 Å². The molecular formula is C16H25NO2. The molecule has 1 atom stereocenters. The van der Waals surface area contributed by atoms with E-state index in [1.54, 1.807) is 6.92 Å². The molecule has 1 N–H and O–H groups in total. The summed E-state index contributed by atoms with van der Waals surface area (Å²) >= 11 is 0. The van der Waals surface area contributed by atoms with E-state index >= 15 is 0 Å². The first-order valence-electron chi connectivity index (χ1n) is 7.02. The van der Waals surface area contributed by atoms with Crippen LogP contribution in [-0.4, -0.2) is 18.1 Å². The van der Waals surface area contributed by atoms with E-state index < -0.39 is 6.10 Å². The van der Waals surface area contributed by atoms with E-state index in [-0.39, 0.29) is 11.9 Å². The van der Waals surface area contributed by atoms with Crippen LogP contribution >= 0.6 is 0 Å². The molecule has 0 saturated carbocycles. The van der Waals surface area contributed by atoms with Crippen molar-refractivity contribution in [2.24, 2.45) is 0 Å². The Morgan fingerprint density at radius 2 is 1.89 bits per heavy atom. The van der Waals surface area contributed by atoms with E-state index in [2.05, 4.69) is 19.2 Å². The Bertz CT molecular complexity index is 425. The number of nitrogens with one attached hydrogen (secondary N) is 1. The quantitative estimate of drug-likeness (QED) is 0.854. The van der Waals surface area contributed by atoms with E-state index in [1.807, 2.05) is 32.0 Å². The van der Waals surface area contributed by atoms with Crippen LogP contribution in [0.4, 0.5) is 0 Å². The minimum absolute atomic E-state index is 0.0467. The zero-order chi connectivity index (χ0) is 14.4. The molecule has 0 aliphatic carbocycles. The topological polar surface area (TPSA) is 38.3 Å². The molecular weight excluding hydrogens is 238 g/mol. The molecule has 0 radical (unpaired) electrons. The van der Waals surface area contributed by atoms with E-state index in [0.29, 0.717) is 0 Å². The predicted octanol–water partition coefficient (Wildman–Crippen LogP) is 3.38. The highest BCUT2D eigenvalue weighted by Crippen LogP contribution is 2.20. The van der Waals surface area contributed by atoms with Gasteiger partial charge < -0.3 is 10.1 Å². The maximum absolute atomic E-state index is 12.0. The molecule has 1 amide bonds. The van der Waals surface area contributed by atoms with Gasteiger partial charge in [0.15, 0.2) is 6.10 Å². The minimum Gasteiger partial charge on any atom is -0.481 e. The molecule has 0 spiro atoms. The number of hydrogen-bond donors (Lipinski definition) is 1. The fourth-order valence-corrected chi connectivity index (χ4v) is 1.89. The summed E-state index contributed by atoms with van der Waals surface area (Å²) in [5.74, 6) is 0.738. The number of rotatable bonds is 6. The highest BCUT2D eigenvalue weighted by molar-refractivity contribution is 5.81. The minimum atomic E-state index is -0.471. The van der Waals surface area contributed by atoms with Crippen molar-refractivity contribution in [2.75, 3.05) is 0 Å². The number of benzene rings is 1. The molecule has 0 aromatic heterocycles. The summed E-state index contributed by atoms with van der Waals surface area (Å²) in [7, 11) is 0. The second-order valence-corrected chi connectivity index (χ2v) is 5.05. The van der Waals surface area contributed by atoms with E-state index in [0.717, 1.165) is 29.7 Å². The smallest absolute Gasteiger partial charge is 0.260 e. The largest absolute Gasteiger partial charge is 0.481 e. The number of aryl methyl sites for hydroxylation is 2. The first-order valence-corrected chi connectivity index (χ1v) is 7.02. The van der Waals surface area contributed by atoms with Gasteiger partial charge in [-0.25, -0.2) is 0 Å². The van der Waals surface area contributed by atoms with Crippen LogP contribution < -0.4 is 10.1 Å². The Labute approximate surface area is 116 Å². The van der Waals surface area contributed by atoms with Crippen LogP contribution in [0.25, 0.3) is 0 Å². The van der Waals surface area contributed by atoms with Crippen LogP contribution in [0, 0.1) is 13.8 Å². The third-order valence-electron chi connectivity index (χ3n) is 3.35. The summed E-state index contributed by atoms with van der Waals surface area (Å²) < 4.78 is 5.77. The lowest BCUT2D eigenvalue weighted by atomic mass is 10.1. The highest BCUT2D eigenvalue weighted by atomic mass is 16.5. The van der Waals surface area contributed by atoms with Crippen molar-refractivity contribution in [3.63, 3.8) is 0 Å². The Morgan fingerprint density at radius 3 is 2.47 bits per heavy atom. The number of hydrogen-bond acceptors (Lipinski definition) is 2. The van der Waals surface area contributed by atoms with Crippen LogP contribution in [0.1, 0.15) is 44.7 Å². The maximum atomic E-state index is 12.0. The lowest BCUT2D eigenvalue weighted by Gasteiger charge is -2.20. The number of carbonyl (C=O) groups is 1. The summed E-state index contributed by atoms with van der Waals surface area (Å²) in [5, 5.41) is 3.01. The molecule has 0 bridgehead atoms. The van der Waals surface area contributed by atoms with Crippen molar-refractivity contribution in [2.45, 2.75) is 59.6 Å². The lowest BCUT2D eigenvalue weighted by molar-refractivity contribution is -0.128. The first-order chi connectivity index (χ1) is 8.97. The predicted molar refractivity (Wildman–Crippen MR) is 78.5 cm³/mol. The van der Waals surface area contributed by atoms with Crippen LogP contribution in [0.15, 0.2) is 18.2 Å². The van der Waals surface area contributed by atoms with Crippen LogP contribution in [-0.2, 0) is 4.79 Å². The normalized spacial score (nSPS) is 12.3.